The molecule has 0 aliphatic heterocycles. The molecule has 0 saturated carbocycles. The molecule has 0 spiro atoms. The summed E-state index contributed by atoms with van der Waals surface area (Å²) in [5.41, 5.74) is 6.36. The number of rotatable bonds is 2. The van der Waals surface area contributed by atoms with Crippen LogP contribution >= 0.6 is 23.2 Å². The van der Waals surface area contributed by atoms with Gasteiger partial charge in [0.1, 0.15) is 11.8 Å². The molecular weight excluding hydrogens is 273 g/mol. The lowest BCUT2D eigenvalue weighted by Gasteiger charge is -2.07. The molecule has 0 bridgehead atoms. The van der Waals surface area contributed by atoms with E-state index in [1.54, 1.807) is 18.2 Å². The first kappa shape index (κ1) is 12.5. The largest absolute Gasteiger partial charge is 0.437 e. The Labute approximate surface area is 114 Å². The Morgan fingerprint density at radius 1 is 1.22 bits per heavy atom. The Kier molecular flexibility index (Phi) is 3.56. The van der Waals surface area contributed by atoms with Gasteiger partial charge in [0.05, 0.1) is 21.3 Å². The van der Waals surface area contributed by atoms with Crippen molar-refractivity contribution in [3.8, 4) is 17.7 Å². The summed E-state index contributed by atoms with van der Waals surface area (Å²) >= 11 is 11.7. The molecule has 0 atom stereocenters. The van der Waals surface area contributed by atoms with Crippen LogP contribution in [0.4, 0.5) is 5.69 Å². The van der Waals surface area contributed by atoms with Gasteiger partial charge >= 0.3 is 0 Å². The molecule has 0 unspecified atom stereocenters. The SMILES string of the molecule is N#Cc1cnc(Oc2ccc(Cl)c(Cl)c2)c(N)c1. The molecule has 1 aromatic heterocycles. The van der Waals surface area contributed by atoms with Crippen LogP contribution < -0.4 is 10.5 Å². The van der Waals surface area contributed by atoms with Crippen molar-refractivity contribution < 1.29 is 4.74 Å². The average molecular weight is 280 g/mol. The molecule has 2 N–H and O–H groups in total. The summed E-state index contributed by atoms with van der Waals surface area (Å²) in [4.78, 5) is 3.95. The number of nitrogens with zero attached hydrogens (tertiary/aromatic N) is 2. The number of hydrogen-bond acceptors (Lipinski definition) is 4. The molecule has 1 heterocycles. The highest BCUT2D eigenvalue weighted by Crippen LogP contribution is 2.30. The number of aromatic nitrogens is 1. The molecule has 0 fully saturated rings. The highest BCUT2D eigenvalue weighted by atomic mass is 35.5. The number of nitrogen functional groups attached to an aromatic ring is 1. The van der Waals surface area contributed by atoms with Gasteiger partial charge in [0.2, 0.25) is 5.88 Å². The van der Waals surface area contributed by atoms with Crippen LogP contribution in [-0.2, 0) is 0 Å². The van der Waals surface area contributed by atoms with E-state index in [0.717, 1.165) is 0 Å². The maximum absolute atomic E-state index is 8.69. The first-order valence-corrected chi connectivity index (χ1v) is 5.64. The van der Waals surface area contributed by atoms with Gasteiger partial charge < -0.3 is 10.5 Å². The van der Waals surface area contributed by atoms with Gasteiger partial charge in [0.25, 0.3) is 0 Å². The van der Waals surface area contributed by atoms with Gasteiger partial charge in [-0.1, -0.05) is 23.2 Å². The number of anilines is 1. The van der Waals surface area contributed by atoms with Gasteiger partial charge in [-0.25, -0.2) is 4.98 Å². The quantitative estimate of drug-likeness (QED) is 0.911. The standard InChI is InChI=1S/C12H7Cl2N3O/c13-9-2-1-8(4-10(9)14)18-12-11(16)3-7(5-15)6-17-12/h1-4,6H,16H2. The predicted molar refractivity (Wildman–Crippen MR) is 69.9 cm³/mol. The minimum Gasteiger partial charge on any atom is -0.437 e. The van der Waals surface area contributed by atoms with Crippen LogP contribution in [0.25, 0.3) is 0 Å². The van der Waals surface area contributed by atoms with E-state index in [9.17, 15) is 0 Å². The molecule has 0 aliphatic carbocycles. The third-order valence-corrected chi connectivity index (χ3v) is 2.85. The Morgan fingerprint density at radius 2 is 2.00 bits per heavy atom. The minimum atomic E-state index is 0.215. The van der Waals surface area contributed by atoms with Gasteiger partial charge in [0.15, 0.2) is 0 Å². The first-order chi connectivity index (χ1) is 8.60. The summed E-state index contributed by atoms with van der Waals surface area (Å²) in [6.07, 6.45) is 1.38. The fourth-order valence-corrected chi connectivity index (χ4v) is 1.56. The molecule has 4 nitrogen and oxygen atoms in total. The number of ether oxygens (including phenoxy) is 1. The number of nitrogens with two attached hydrogens (primary N) is 1. The van der Waals surface area contributed by atoms with Crippen molar-refractivity contribution in [1.29, 1.82) is 5.26 Å². The third-order valence-electron chi connectivity index (χ3n) is 2.11. The molecule has 0 amide bonds. The highest BCUT2D eigenvalue weighted by molar-refractivity contribution is 6.42. The van der Waals surface area contributed by atoms with Crippen LogP contribution in [0.1, 0.15) is 5.56 Å². The van der Waals surface area contributed by atoms with Crippen LogP contribution in [0, 0.1) is 11.3 Å². The zero-order valence-corrected chi connectivity index (χ0v) is 10.5. The smallest absolute Gasteiger partial charge is 0.242 e. The number of benzene rings is 1. The first-order valence-electron chi connectivity index (χ1n) is 4.88. The second-order valence-corrected chi connectivity index (χ2v) is 4.22. The van der Waals surface area contributed by atoms with Gasteiger partial charge in [-0.15, -0.1) is 0 Å². The Hall–Kier alpha value is -1.96. The highest BCUT2D eigenvalue weighted by Gasteiger charge is 2.07. The van der Waals surface area contributed by atoms with Crippen LogP contribution in [0.15, 0.2) is 30.5 Å². The molecular formula is C12H7Cl2N3O. The van der Waals surface area contributed by atoms with E-state index in [2.05, 4.69) is 4.98 Å². The average Bonchev–Trinajstić information content (AvgIpc) is 2.36. The molecule has 2 rings (SSSR count). The van der Waals surface area contributed by atoms with Gasteiger partial charge in [0, 0.05) is 12.3 Å². The molecule has 0 radical (unpaired) electrons. The van der Waals surface area contributed by atoms with Gasteiger partial charge in [-0.2, -0.15) is 5.26 Å². The fourth-order valence-electron chi connectivity index (χ4n) is 1.27. The summed E-state index contributed by atoms with van der Waals surface area (Å²) in [6.45, 7) is 0. The van der Waals surface area contributed by atoms with E-state index in [1.165, 1.54) is 12.3 Å². The second kappa shape index (κ2) is 5.13. The maximum Gasteiger partial charge on any atom is 0.242 e. The molecule has 18 heavy (non-hydrogen) atoms. The number of hydrogen-bond donors (Lipinski definition) is 1. The Bertz CT molecular complexity index is 638. The van der Waals surface area contributed by atoms with E-state index in [1.807, 2.05) is 6.07 Å². The van der Waals surface area contributed by atoms with Crippen LogP contribution in [-0.4, -0.2) is 4.98 Å². The van der Waals surface area contributed by atoms with E-state index in [-0.39, 0.29) is 11.6 Å². The van der Waals surface area contributed by atoms with E-state index < -0.39 is 0 Å². The molecule has 1 aromatic carbocycles. The summed E-state index contributed by atoms with van der Waals surface area (Å²) in [6, 6.07) is 8.24. The zero-order valence-electron chi connectivity index (χ0n) is 9.02. The lowest BCUT2D eigenvalue weighted by atomic mass is 10.3. The number of nitriles is 1. The topological polar surface area (TPSA) is 71.9 Å². The van der Waals surface area contributed by atoms with E-state index in [0.29, 0.717) is 21.4 Å². The summed E-state index contributed by atoms with van der Waals surface area (Å²) in [5, 5.41) is 9.50. The summed E-state index contributed by atoms with van der Waals surface area (Å²) in [7, 11) is 0. The third kappa shape index (κ3) is 2.65. The van der Waals surface area contributed by atoms with E-state index in [4.69, 9.17) is 38.9 Å². The molecule has 0 aliphatic rings. The monoisotopic (exact) mass is 279 g/mol. The minimum absolute atomic E-state index is 0.215. The normalized spacial score (nSPS) is 9.83. The molecule has 90 valence electrons. The van der Waals surface area contributed by atoms with Gasteiger partial charge in [-0.05, 0) is 18.2 Å². The predicted octanol–water partition coefficient (Wildman–Crippen LogP) is 3.63. The van der Waals surface area contributed by atoms with Crippen molar-refractivity contribution in [2.24, 2.45) is 0 Å². The van der Waals surface area contributed by atoms with Crippen molar-refractivity contribution in [2.45, 2.75) is 0 Å². The second-order valence-electron chi connectivity index (χ2n) is 3.41. The van der Waals surface area contributed by atoms with Crippen molar-refractivity contribution in [3.63, 3.8) is 0 Å². The van der Waals surface area contributed by atoms with Crippen molar-refractivity contribution >= 4 is 28.9 Å². The molecule has 6 heteroatoms. The molecule has 2 aromatic rings. The van der Waals surface area contributed by atoms with E-state index >= 15 is 0 Å². The molecule has 0 saturated heterocycles. The van der Waals surface area contributed by atoms with Crippen molar-refractivity contribution in [1.82, 2.24) is 4.98 Å². The lowest BCUT2D eigenvalue weighted by Crippen LogP contribution is -1.96. The zero-order chi connectivity index (χ0) is 13.1. The fraction of sp³-hybridized carbons (Fsp3) is 0. The van der Waals surface area contributed by atoms with Crippen molar-refractivity contribution in [3.05, 3.63) is 46.1 Å². The van der Waals surface area contributed by atoms with Crippen LogP contribution in [0.3, 0.4) is 0 Å². The number of halogens is 2. The van der Waals surface area contributed by atoms with Crippen molar-refractivity contribution in [2.75, 3.05) is 5.73 Å². The summed E-state index contributed by atoms with van der Waals surface area (Å²) < 4.78 is 5.46. The maximum atomic E-state index is 8.69. The van der Waals surface area contributed by atoms with Crippen LogP contribution in [0.5, 0.6) is 11.6 Å². The van der Waals surface area contributed by atoms with Crippen LogP contribution in [0.2, 0.25) is 10.0 Å². The summed E-state index contributed by atoms with van der Waals surface area (Å²) in [5.74, 6) is 0.681. The van der Waals surface area contributed by atoms with Gasteiger partial charge in [-0.3, -0.25) is 0 Å². The lowest BCUT2D eigenvalue weighted by molar-refractivity contribution is 0.465. The Morgan fingerprint density at radius 3 is 2.61 bits per heavy atom. The Balaban J connectivity index is 2.29. The number of pyridine rings is 1.